The molecule has 2 rings (SSSR count). The number of nitrogens with one attached hydrogen (secondary N) is 1. The minimum absolute atomic E-state index is 0.0584. The highest BCUT2D eigenvalue weighted by Gasteiger charge is 2.17. The van der Waals surface area contributed by atoms with Crippen molar-refractivity contribution in [3.63, 3.8) is 0 Å². The largest absolute Gasteiger partial charge is 0.495 e. The number of hydrogen-bond donors (Lipinski definition) is 2. The summed E-state index contributed by atoms with van der Waals surface area (Å²) in [6, 6.07) is 5.73. The number of methoxy groups -OCH3 is 1. The number of nitrogen functional groups attached to an aromatic ring is 1. The number of pyridine rings is 1. The number of aromatic nitrogens is 1. The summed E-state index contributed by atoms with van der Waals surface area (Å²) in [5.74, 6) is 0.500. The molecular formula is C12H11Cl2N3O3S. The van der Waals surface area contributed by atoms with Gasteiger partial charge in [0, 0.05) is 6.20 Å². The first-order chi connectivity index (χ1) is 9.83. The Morgan fingerprint density at radius 3 is 2.52 bits per heavy atom. The quantitative estimate of drug-likeness (QED) is 0.886. The second kappa shape index (κ2) is 5.97. The normalized spacial score (nSPS) is 11.2. The van der Waals surface area contributed by atoms with E-state index >= 15 is 0 Å². The predicted octanol–water partition coefficient (Wildman–Crippen LogP) is 2.78. The summed E-state index contributed by atoms with van der Waals surface area (Å²) >= 11 is 11.7. The van der Waals surface area contributed by atoms with Gasteiger partial charge in [0.15, 0.2) is 0 Å². The Kier molecular flexibility index (Phi) is 4.46. The Labute approximate surface area is 131 Å². The number of sulfonamides is 1. The molecule has 2 aromatic rings. The molecule has 9 heteroatoms. The van der Waals surface area contributed by atoms with E-state index in [1.165, 1.54) is 25.3 Å². The second-order valence-electron chi connectivity index (χ2n) is 3.99. The van der Waals surface area contributed by atoms with Crippen LogP contribution in [-0.2, 0) is 10.0 Å². The molecule has 0 saturated carbocycles. The van der Waals surface area contributed by atoms with Gasteiger partial charge in [-0.15, -0.1) is 0 Å². The van der Waals surface area contributed by atoms with Gasteiger partial charge in [-0.2, -0.15) is 0 Å². The van der Waals surface area contributed by atoms with Crippen LogP contribution in [0.5, 0.6) is 5.75 Å². The maximum atomic E-state index is 12.2. The van der Waals surface area contributed by atoms with Crippen LogP contribution in [0, 0.1) is 0 Å². The van der Waals surface area contributed by atoms with Crippen molar-refractivity contribution in [2.24, 2.45) is 0 Å². The Hall–Kier alpha value is -1.70. The van der Waals surface area contributed by atoms with Crippen molar-refractivity contribution in [1.29, 1.82) is 0 Å². The van der Waals surface area contributed by atoms with Gasteiger partial charge in [-0.05, 0) is 24.3 Å². The Balaban J connectivity index is 2.32. The molecule has 3 N–H and O–H groups in total. The van der Waals surface area contributed by atoms with E-state index < -0.39 is 10.0 Å². The highest BCUT2D eigenvalue weighted by molar-refractivity contribution is 7.92. The molecule has 0 bridgehead atoms. The summed E-state index contributed by atoms with van der Waals surface area (Å²) in [6.45, 7) is 0. The molecule has 1 heterocycles. The molecule has 0 atom stereocenters. The second-order valence-corrected chi connectivity index (χ2v) is 6.49. The number of benzene rings is 1. The van der Waals surface area contributed by atoms with Gasteiger partial charge in [0.2, 0.25) is 0 Å². The lowest BCUT2D eigenvalue weighted by Crippen LogP contribution is -2.13. The van der Waals surface area contributed by atoms with Crippen LogP contribution in [0.4, 0.5) is 11.5 Å². The molecule has 1 aromatic heterocycles. The topological polar surface area (TPSA) is 94.3 Å². The van der Waals surface area contributed by atoms with E-state index in [1.54, 1.807) is 6.07 Å². The first-order valence-corrected chi connectivity index (χ1v) is 7.85. The first-order valence-electron chi connectivity index (χ1n) is 5.61. The van der Waals surface area contributed by atoms with Crippen LogP contribution in [0.2, 0.25) is 10.0 Å². The molecule has 0 aliphatic rings. The lowest BCUT2D eigenvalue weighted by atomic mass is 10.3. The molecule has 0 fully saturated rings. The first kappa shape index (κ1) is 15.7. The molecule has 0 aliphatic heterocycles. The zero-order valence-corrected chi connectivity index (χ0v) is 13.1. The van der Waals surface area contributed by atoms with E-state index in [4.69, 9.17) is 33.7 Å². The molecular weight excluding hydrogens is 337 g/mol. The van der Waals surface area contributed by atoms with Crippen molar-refractivity contribution < 1.29 is 13.2 Å². The van der Waals surface area contributed by atoms with Crippen LogP contribution in [-0.4, -0.2) is 20.5 Å². The molecule has 0 saturated heterocycles. The van der Waals surface area contributed by atoms with Crippen LogP contribution in [0.25, 0.3) is 0 Å². The van der Waals surface area contributed by atoms with Crippen LogP contribution in [0.15, 0.2) is 35.4 Å². The third-order valence-electron chi connectivity index (χ3n) is 2.56. The van der Waals surface area contributed by atoms with Crippen molar-refractivity contribution in [2.75, 3.05) is 17.6 Å². The zero-order valence-electron chi connectivity index (χ0n) is 10.8. The van der Waals surface area contributed by atoms with Gasteiger partial charge in [0.05, 0.1) is 22.8 Å². The summed E-state index contributed by atoms with van der Waals surface area (Å²) in [4.78, 5) is 3.61. The Bertz CT molecular complexity index is 781. The summed E-state index contributed by atoms with van der Waals surface area (Å²) in [5.41, 5.74) is 5.73. The van der Waals surface area contributed by atoms with Crippen molar-refractivity contribution in [3.05, 3.63) is 40.5 Å². The molecule has 0 aliphatic carbocycles. The maximum Gasteiger partial charge on any atom is 0.263 e. The minimum atomic E-state index is -3.84. The number of ether oxygens (including phenoxy) is 1. The third-order valence-corrected chi connectivity index (χ3v) is 4.51. The van der Waals surface area contributed by atoms with E-state index in [1.807, 2.05) is 0 Å². The molecule has 1 aromatic carbocycles. The lowest BCUT2D eigenvalue weighted by molar-refractivity contribution is 0.415. The van der Waals surface area contributed by atoms with Crippen LogP contribution in [0.3, 0.4) is 0 Å². The molecule has 0 amide bonds. The summed E-state index contributed by atoms with van der Waals surface area (Å²) in [7, 11) is -2.38. The van der Waals surface area contributed by atoms with Gasteiger partial charge in [-0.3, -0.25) is 4.72 Å². The van der Waals surface area contributed by atoms with Gasteiger partial charge >= 0.3 is 0 Å². The van der Waals surface area contributed by atoms with Crippen molar-refractivity contribution in [3.8, 4) is 5.75 Å². The fourth-order valence-corrected chi connectivity index (χ4v) is 3.03. The highest BCUT2D eigenvalue weighted by atomic mass is 35.5. The summed E-state index contributed by atoms with van der Waals surface area (Å²) < 4.78 is 31.8. The smallest absolute Gasteiger partial charge is 0.263 e. The highest BCUT2D eigenvalue weighted by Crippen LogP contribution is 2.29. The molecule has 0 spiro atoms. The van der Waals surface area contributed by atoms with Gasteiger partial charge in [-0.25, -0.2) is 13.4 Å². The summed E-state index contributed by atoms with van der Waals surface area (Å²) in [6.07, 6.45) is 1.12. The Morgan fingerprint density at radius 2 is 1.95 bits per heavy atom. The SMILES string of the molecule is COc1ccc(NS(=O)(=O)c2cnc(N)c(Cl)c2)cc1Cl. The van der Waals surface area contributed by atoms with E-state index in [9.17, 15) is 8.42 Å². The van der Waals surface area contributed by atoms with Crippen molar-refractivity contribution >= 4 is 44.7 Å². The van der Waals surface area contributed by atoms with Crippen LogP contribution in [0.1, 0.15) is 0 Å². The molecule has 0 unspecified atom stereocenters. The van der Waals surface area contributed by atoms with Gasteiger partial charge < -0.3 is 10.5 Å². The van der Waals surface area contributed by atoms with E-state index in [2.05, 4.69) is 9.71 Å². The number of nitrogens with two attached hydrogens (primary N) is 1. The number of halogens is 2. The maximum absolute atomic E-state index is 12.2. The molecule has 21 heavy (non-hydrogen) atoms. The number of anilines is 2. The van der Waals surface area contributed by atoms with E-state index in [0.717, 1.165) is 6.20 Å². The number of hydrogen-bond acceptors (Lipinski definition) is 5. The average molecular weight is 348 g/mol. The minimum Gasteiger partial charge on any atom is -0.495 e. The molecule has 6 nitrogen and oxygen atoms in total. The fourth-order valence-electron chi connectivity index (χ4n) is 1.52. The average Bonchev–Trinajstić information content (AvgIpc) is 2.41. The van der Waals surface area contributed by atoms with E-state index in [-0.39, 0.29) is 26.4 Å². The predicted molar refractivity (Wildman–Crippen MR) is 82.5 cm³/mol. The number of nitrogens with zero attached hydrogens (tertiary/aromatic N) is 1. The molecule has 112 valence electrons. The number of rotatable bonds is 4. The van der Waals surface area contributed by atoms with Gasteiger partial charge in [0.25, 0.3) is 10.0 Å². The van der Waals surface area contributed by atoms with Crippen LogP contribution >= 0.6 is 23.2 Å². The summed E-state index contributed by atoms with van der Waals surface area (Å²) in [5, 5.41) is 0.344. The van der Waals surface area contributed by atoms with Crippen molar-refractivity contribution in [1.82, 2.24) is 4.98 Å². The van der Waals surface area contributed by atoms with Crippen LogP contribution < -0.4 is 15.2 Å². The third kappa shape index (κ3) is 3.49. The Morgan fingerprint density at radius 1 is 1.24 bits per heavy atom. The van der Waals surface area contributed by atoms with Gasteiger partial charge in [0.1, 0.15) is 16.5 Å². The standard InChI is InChI=1S/C12H11Cl2N3O3S/c1-20-11-3-2-7(4-9(11)13)17-21(18,19)8-5-10(14)12(15)16-6-8/h2-6,17H,1H3,(H2,15,16). The van der Waals surface area contributed by atoms with E-state index in [0.29, 0.717) is 5.75 Å². The molecule has 0 radical (unpaired) electrons. The van der Waals surface area contributed by atoms with Gasteiger partial charge in [-0.1, -0.05) is 23.2 Å². The van der Waals surface area contributed by atoms with Crippen molar-refractivity contribution in [2.45, 2.75) is 4.90 Å². The lowest BCUT2D eigenvalue weighted by Gasteiger charge is -2.10. The zero-order chi connectivity index (χ0) is 15.6. The fraction of sp³-hybridized carbons (Fsp3) is 0.0833. The monoisotopic (exact) mass is 347 g/mol.